The number of rotatable bonds is 4. The van der Waals surface area contributed by atoms with Crippen LogP contribution in [0.3, 0.4) is 0 Å². The van der Waals surface area contributed by atoms with Crippen LogP contribution in [0.1, 0.15) is 11.3 Å². The molecule has 0 radical (unpaired) electrons. The van der Waals surface area contributed by atoms with E-state index in [-0.39, 0.29) is 27.3 Å². The van der Waals surface area contributed by atoms with Gasteiger partial charge in [0.2, 0.25) is 5.03 Å². The molecule has 21 heavy (non-hydrogen) atoms. The summed E-state index contributed by atoms with van der Waals surface area (Å²) in [5, 5.41) is 6.54. The van der Waals surface area contributed by atoms with E-state index in [1.165, 1.54) is 12.1 Å². The van der Waals surface area contributed by atoms with Crippen molar-refractivity contribution in [3.05, 3.63) is 37.9 Å². The van der Waals surface area contributed by atoms with Crippen molar-refractivity contribution in [2.24, 2.45) is 5.73 Å². The molecule has 0 fully saturated rings. The van der Waals surface area contributed by atoms with E-state index in [9.17, 15) is 8.42 Å². The van der Waals surface area contributed by atoms with Gasteiger partial charge in [-0.15, -0.1) is 0 Å². The molecule has 0 saturated carbocycles. The van der Waals surface area contributed by atoms with Crippen molar-refractivity contribution in [2.75, 3.05) is 4.72 Å². The summed E-state index contributed by atoms with van der Waals surface area (Å²) in [5.41, 5.74) is 6.64. The molecule has 0 bridgehead atoms. The number of hydrogen-bond acceptors (Lipinski definition) is 4. The molecule has 0 unspecified atom stereocenters. The summed E-state index contributed by atoms with van der Waals surface area (Å²) in [6, 6.07) is 3.07. The zero-order valence-electron chi connectivity index (χ0n) is 10.7. The molecule has 4 N–H and O–H groups in total. The fourth-order valence-corrected chi connectivity index (χ4v) is 4.44. The van der Waals surface area contributed by atoms with Crippen LogP contribution in [0.5, 0.6) is 0 Å². The first-order valence-electron chi connectivity index (χ1n) is 5.67. The summed E-state index contributed by atoms with van der Waals surface area (Å²) >= 11 is 15.2. The second kappa shape index (κ2) is 6.13. The third-order valence-corrected chi connectivity index (χ3v) is 5.11. The van der Waals surface area contributed by atoms with Crippen molar-refractivity contribution in [1.82, 2.24) is 10.2 Å². The first-order chi connectivity index (χ1) is 9.76. The summed E-state index contributed by atoms with van der Waals surface area (Å²) in [6.45, 7) is 1.73. The molecule has 2 rings (SSSR count). The summed E-state index contributed by atoms with van der Waals surface area (Å²) < 4.78 is 27.8. The monoisotopic (exact) mass is 412 g/mol. The number of benzene rings is 1. The number of nitrogens with one attached hydrogen (secondary N) is 2. The van der Waals surface area contributed by atoms with Crippen LogP contribution in [0.4, 0.5) is 5.69 Å². The standard InChI is InChI=1S/C11H11BrCl2N4O2S/c1-5-7(4-15)11(17-16-5)21(19,20)18-10-8(13)2-6(12)3-9(10)14/h2-3,18H,4,15H2,1H3,(H,16,17). The minimum atomic E-state index is -3.95. The fraction of sp³-hybridized carbons (Fsp3) is 0.182. The molecule has 0 aliphatic heterocycles. The molecule has 1 heterocycles. The van der Waals surface area contributed by atoms with Crippen LogP contribution in [0.25, 0.3) is 0 Å². The largest absolute Gasteiger partial charge is 0.326 e. The second-order valence-electron chi connectivity index (χ2n) is 4.19. The van der Waals surface area contributed by atoms with Gasteiger partial charge in [-0.25, -0.2) is 0 Å². The minimum Gasteiger partial charge on any atom is -0.326 e. The topological polar surface area (TPSA) is 101 Å². The molecule has 0 aliphatic rings. The molecular weight excluding hydrogens is 403 g/mol. The third-order valence-electron chi connectivity index (χ3n) is 2.74. The van der Waals surface area contributed by atoms with Crippen molar-refractivity contribution in [3.63, 3.8) is 0 Å². The lowest BCUT2D eigenvalue weighted by Crippen LogP contribution is -2.17. The Hall–Kier alpha value is -0.800. The Bertz CT molecular complexity index is 769. The van der Waals surface area contributed by atoms with Crippen molar-refractivity contribution < 1.29 is 8.42 Å². The van der Waals surface area contributed by atoms with Gasteiger partial charge in [-0.3, -0.25) is 9.82 Å². The zero-order chi connectivity index (χ0) is 15.8. The van der Waals surface area contributed by atoms with Gasteiger partial charge in [0.25, 0.3) is 10.0 Å². The zero-order valence-corrected chi connectivity index (χ0v) is 14.7. The van der Waals surface area contributed by atoms with Gasteiger partial charge >= 0.3 is 0 Å². The molecule has 0 amide bonds. The average molecular weight is 414 g/mol. The Labute approximate surface area is 140 Å². The van der Waals surface area contributed by atoms with E-state index in [2.05, 4.69) is 30.8 Å². The number of nitrogens with two attached hydrogens (primary N) is 1. The first-order valence-corrected chi connectivity index (χ1v) is 8.70. The van der Waals surface area contributed by atoms with Crippen LogP contribution in [0, 0.1) is 6.92 Å². The number of hydrogen-bond donors (Lipinski definition) is 3. The third kappa shape index (κ3) is 3.35. The number of nitrogens with zero attached hydrogens (tertiary/aromatic N) is 1. The highest BCUT2D eigenvalue weighted by Gasteiger charge is 2.25. The Kier molecular flexibility index (Phi) is 4.84. The van der Waals surface area contributed by atoms with E-state index >= 15 is 0 Å². The Morgan fingerprint density at radius 2 is 1.95 bits per heavy atom. The van der Waals surface area contributed by atoms with Gasteiger partial charge in [0.15, 0.2) is 0 Å². The van der Waals surface area contributed by atoms with Crippen LogP contribution in [-0.4, -0.2) is 18.6 Å². The van der Waals surface area contributed by atoms with Crippen LogP contribution in [-0.2, 0) is 16.6 Å². The fourth-order valence-electron chi connectivity index (χ4n) is 1.72. The quantitative estimate of drug-likeness (QED) is 0.716. The summed E-state index contributed by atoms with van der Waals surface area (Å²) in [7, 11) is -3.95. The first kappa shape index (κ1) is 16.6. The molecule has 10 heteroatoms. The van der Waals surface area contributed by atoms with Crippen LogP contribution in [0.15, 0.2) is 21.6 Å². The number of aromatic nitrogens is 2. The van der Waals surface area contributed by atoms with E-state index < -0.39 is 10.0 Å². The highest BCUT2D eigenvalue weighted by molar-refractivity contribution is 9.10. The summed E-state index contributed by atoms with van der Waals surface area (Å²) in [4.78, 5) is 0. The van der Waals surface area contributed by atoms with Crippen LogP contribution >= 0.6 is 39.1 Å². The molecule has 0 spiro atoms. The molecule has 0 saturated heterocycles. The maximum absolute atomic E-state index is 12.4. The molecular formula is C11H11BrCl2N4O2S. The highest BCUT2D eigenvalue weighted by Crippen LogP contribution is 2.35. The van der Waals surface area contributed by atoms with Crippen molar-refractivity contribution >= 4 is 54.8 Å². The average Bonchev–Trinajstić information content (AvgIpc) is 2.75. The lowest BCUT2D eigenvalue weighted by molar-refractivity contribution is 0.596. The summed E-state index contributed by atoms with van der Waals surface area (Å²) in [6.07, 6.45) is 0. The molecule has 1 aromatic heterocycles. The smallest absolute Gasteiger partial charge is 0.281 e. The van der Waals surface area contributed by atoms with E-state index in [0.717, 1.165) is 0 Å². The SMILES string of the molecule is Cc1[nH]nc(S(=O)(=O)Nc2c(Cl)cc(Br)cc2Cl)c1CN. The summed E-state index contributed by atoms with van der Waals surface area (Å²) in [5.74, 6) is 0. The maximum atomic E-state index is 12.4. The molecule has 6 nitrogen and oxygen atoms in total. The van der Waals surface area contributed by atoms with Crippen LogP contribution < -0.4 is 10.5 Å². The lowest BCUT2D eigenvalue weighted by atomic mass is 10.3. The lowest BCUT2D eigenvalue weighted by Gasteiger charge is -2.11. The van der Waals surface area contributed by atoms with Gasteiger partial charge in [0.1, 0.15) is 0 Å². The number of sulfonamides is 1. The van der Waals surface area contributed by atoms with Gasteiger partial charge < -0.3 is 5.73 Å². The predicted octanol–water partition coefficient (Wildman–Crippen LogP) is 3.05. The number of halogens is 3. The van der Waals surface area contributed by atoms with Crippen molar-refractivity contribution in [3.8, 4) is 0 Å². The second-order valence-corrected chi connectivity index (χ2v) is 7.51. The van der Waals surface area contributed by atoms with Gasteiger partial charge in [0.05, 0.1) is 15.7 Å². The number of anilines is 1. The minimum absolute atomic E-state index is 0.0420. The predicted molar refractivity (Wildman–Crippen MR) is 86.2 cm³/mol. The molecule has 0 aliphatic carbocycles. The van der Waals surface area contributed by atoms with E-state index in [0.29, 0.717) is 15.7 Å². The molecule has 2 aromatic rings. The Balaban J connectivity index is 2.47. The van der Waals surface area contributed by atoms with Gasteiger partial charge in [-0.1, -0.05) is 39.1 Å². The van der Waals surface area contributed by atoms with Gasteiger partial charge in [0, 0.05) is 22.3 Å². The van der Waals surface area contributed by atoms with E-state index in [4.69, 9.17) is 28.9 Å². The number of H-pyrrole nitrogens is 1. The van der Waals surface area contributed by atoms with Gasteiger partial charge in [-0.2, -0.15) is 13.5 Å². The number of aryl methyl sites for hydroxylation is 1. The van der Waals surface area contributed by atoms with E-state index in [1.807, 2.05) is 0 Å². The highest BCUT2D eigenvalue weighted by atomic mass is 79.9. The van der Waals surface area contributed by atoms with E-state index in [1.54, 1.807) is 6.92 Å². The molecule has 0 atom stereocenters. The maximum Gasteiger partial charge on any atom is 0.281 e. The van der Waals surface area contributed by atoms with Gasteiger partial charge in [-0.05, 0) is 19.1 Å². The number of aromatic amines is 1. The normalized spacial score (nSPS) is 11.7. The molecule has 1 aromatic carbocycles. The Morgan fingerprint density at radius 3 is 2.48 bits per heavy atom. The van der Waals surface area contributed by atoms with Crippen LogP contribution in [0.2, 0.25) is 10.0 Å². The van der Waals surface area contributed by atoms with Crippen molar-refractivity contribution in [1.29, 1.82) is 0 Å². The Morgan fingerprint density at radius 1 is 1.38 bits per heavy atom. The van der Waals surface area contributed by atoms with Crippen molar-refractivity contribution in [2.45, 2.75) is 18.5 Å². The molecule has 114 valence electrons.